The quantitative estimate of drug-likeness (QED) is 0.850. The van der Waals surface area contributed by atoms with Crippen molar-refractivity contribution in [3.8, 4) is 0 Å². The fraction of sp³-hybridized carbons (Fsp3) is 0.933. The Hall–Kier alpha value is -0.770. The van der Waals surface area contributed by atoms with Crippen molar-refractivity contribution in [2.45, 2.75) is 39.0 Å². The molecule has 4 nitrogen and oxygen atoms in total. The van der Waals surface area contributed by atoms with E-state index in [0.29, 0.717) is 5.92 Å². The number of nitrogens with one attached hydrogen (secondary N) is 1. The van der Waals surface area contributed by atoms with E-state index in [4.69, 9.17) is 0 Å². The zero-order valence-electron chi connectivity index (χ0n) is 12.5. The Labute approximate surface area is 117 Å². The molecule has 2 rings (SSSR count). The number of amides is 2. The van der Waals surface area contributed by atoms with Gasteiger partial charge in [-0.2, -0.15) is 0 Å². The molecule has 0 unspecified atom stereocenters. The van der Waals surface area contributed by atoms with Crippen molar-refractivity contribution in [2.75, 3.05) is 39.8 Å². The molecule has 0 spiro atoms. The Morgan fingerprint density at radius 3 is 2.21 bits per heavy atom. The van der Waals surface area contributed by atoms with Gasteiger partial charge in [0.25, 0.3) is 0 Å². The standard InChI is InChI=1S/C15H29N3O/c1-3-13-6-10-18(11-7-13)15(19)16-12-14-4-8-17(2)9-5-14/h13-14H,3-12H2,1-2H3,(H,16,19). The summed E-state index contributed by atoms with van der Waals surface area (Å²) < 4.78 is 0. The van der Waals surface area contributed by atoms with Crippen molar-refractivity contribution < 1.29 is 4.79 Å². The molecule has 2 heterocycles. The molecule has 0 aliphatic carbocycles. The van der Waals surface area contributed by atoms with Crippen LogP contribution >= 0.6 is 0 Å². The Morgan fingerprint density at radius 1 is 1.05 bits per heavy atom. The molecule has 1 N–H and O–H groups in total. The predicted octanol–water partition coefficient (Wildman–Crippen LogP) is 2.16. The number of carbonyl (C=O) groups is 1. The fourth-order valence-electron chi connectivity index (χ4n) is 3.15. The van der Waals surface area contributed by atoms with E-state index in [1.807, 2.05) is 4.90 Å². The normalized spacial score (nSPS) is 23.6. The monoisotopic (exact) mass is 267 g/mol. The maximum Gasteiger partial charge on any atom is 0.317 e. The van der Waals surface area contributed by atoms with Crippen molar-refractivity contribution in [3.05, 3.63) is 0 Å². The lowest BCUT2D eigenvalue weighted by Gasteiger charge is -2.33. The van der Waals surface area contributed by atoms with Crippen molar-refractivity contribution in [2.24, 2.45) is 11.8 Å². The highest BCUT2D eigenvalue weighted by Gasteiger charge is 2.23. The minimum Gasteiger partial charge on any atom is -0.338 e. The summed E-state index contributed by atoms with van der Waals surface area (Å²) in [7, 11) is 2.17. The van der Waals surface area contributed by atoms with Crippen LogP contribution in [0.2, 0.25) is 0 Å². The minimum absolute atomic E-state index is 0.161. The molecule has 2 fully saturated rings. The zero-order valence-corrected chi connectivity index (χ0v) is 12.5. The van der Waals surface area contributed by atoms with Crippen LogP contribution in [0.25, 0.3) is 0 Å². The van der Waals surface area contributed by atoms with Gasteiger partial charge in [0.1, 0.15) is 0 Å². The summed E-state index contributed by atoms with van der Waals surface area (Å²) in [6, 6.07) is 0.161. The lowest BCUT2D eigenvalue weighted by Crippen LogP contribution is -2.46. The van der Waals surface area contributed by atoms with Crippen LogP contribution in [0, 0.1) is 11.8 Å². The van der Waals surface area contributed by atoms with Gasteiger partial charge < -0.3 is 15.1 Å². The molecule has 110 valence electrons. The third-order valence-electron chi connectivity index (χ3n) is 4.86. The van der Waals surface area contributed by atoms with Crippen LogP contribution < -0.4 is 5.32 Å². The second-order valence-corrected chi connectivity index (χ2v) is 6.27. The summed E-state index contributed by atoms with van der Waals surface area (Å²) in [4.78, 5) is 16.5. The summed E-state index contributed by atoms with van der Waals surface area (Å²) in [5.74, 6) is 1.51. The summed E-state index contributed by atoms with van der Waals surface area (Å²) >= 11 is 0. The molecule has 0 bridgehead atoms. The van der Waals surface area contributed by atoms with E-state index in [1.54, 1.807) is 0 Å². The molecule has 4 heteroatoms. The summed E-state index contributed by atoms with van der Waals surface area (Å²) in [6.07, 6.45) is 6.05. The van der Waals surface area contributed by atoms with E-state index in [2.05, 4.69) is 24.2 Å². The third kappa shape index (κ3) is 4.37. The number of nitrogens with zero attached hydrogens (tertiary/aromatic N) is 2. The van der Waals surface area contributed by atoms with Gasteiger partial charge in [-0.25, -0.2) is 4.79 Å². The Balaban J connectivity index is 1.64. The number of urea groups is 1. The zero-order chi connectivity index (χ0) is 13.7. The summed E-state index contributed by atoms with van der Waals surface area (Å²) in [5, 5.41) is 3.14. The van der Waals surface area contributed by atoms with Gasteiger partial charge in [0, 0.05) is 19.6 Å². The maximum absolute atomic E-state index is 12.1. The van der Waals surface area contributed by atoms with Gasteiger partial charge in [-0.3, -0.25) is 0 Å². The van der Waals surface area contributed by atoms with E-state index < -0.39 is 0 Å². The number of hydrogen-bond acceptors (Lipinski definition) is 2. The van der Waals surface area contributed by atoms with E-state index in [-0.39, 0.29) is 6.03 Å². The van der Waals surface area contributed by atoms with Gasteiger partial charge in [0.15, 0.2) is 0 Å². The molecular formula is C15H29N3O. The van der Waals surface area contributed by atoms with Crippen LogP contribution in [0.15, 0.2) is 0 Å². The highest BCUT2D eigenvalue weighted by atomic mass is 16.2. The lowest BCUT2D eigenvalue weighted by molar-refractivity contribution is 0.163. The molecule has 2 saturated heterocycles. The number of piperidine rings is 2. The first-order valence-corrected chi connectivity index (χ1v) is 7.90. The molecule has 0 atom stereocenters. The topological polar surface area (TPSA) is 35.6 Å². The Bertz CT molecular complexity index is 279. The molecule has 2 aliphatic rings. The molecule has 0 radical (unpaired) electrons. The van der Waals surface area contributed by atoms with Crippen molar-refractivity contribution in [1.29, 1.82) is 0 Å². The first-order valence-electron chi connectivity index (χ1n) is 7.90. The molecule has 2 aliphatic heterocycles. The third-order valence-corrected chi connectivity index (χ3v) is 4.86. The highest BCUT2D eigenvalue weighted by Crippen LogP contribution is 2.20. The van der Waals surface area contributed by atoms with Gasteiger partial charge >= 0.3 is 6.03 Å². The van der Waals surface area contributed by atoms with Crippen LogP contribution in [-0.2, 0) is 0 Å². The molecule has 0 aromatic rings. The van der Waals surface area contributed by atoms with E-state index in [0.717, 1.165) is 25.6 Å². The van der Waals surface area contributed by atoms with Gasteiger partial charge in [-0.05, 0) is 57.7 Å². The summed E-state index contributed by atoms with van der Waals surface area (Å²) in [5.41, 5.74) is 0. The van der Waals surface area contributed by atoms with Gasteiger partial charge in [-0.15, -0.1) is 0 Å². The SMILES string of the molecule is CCC1CCN(C(=O)NCC2CCN(C)CC2)CC1. The second kappa shape index (κ2) is 7.13. The second-order valence-electron chi connectivity index (χ2n) is 6.27. The summed E-state index contributed by atoms with van der Waals surface area (Å²) in [6.45, 7) is 7.33. The van der Waals surface area contributed by atoms with E-state index in [9.17, 15) is 4.79 Å². The number of likely N-dealkylation sites (tertiary alicyclic amines) is 2. The molecule has 0 aromatic heterocycles. The van der Waals surface area contributed by atoms with E-state index in [1.165, 1.54) is 45.2 Å². The van der Waals surface area contributed by atoms with Crippen LogP contribution in [0.5, 0.6) is 0 Å². The average molecular weight is 267 g/mol. The predicted molar refractivity (Wildman–Crippen MR) is 78.2 cm³/mol. The largest absolute Gasteiger partial charge is 0.338 e. The Kier molecular flexibility index (Phi) is 5.49. The van der Waals surface area contributed by atoms with Crippen LogP contribution in [-0.4, -0.2) is 55.6 Å². The lowest BCUT2D eigenvalue weighted by atomic mass is 9.94. The first-order chi connectivity index (χ1) is 9.19. The Morgan fingerprint density at radius 2 is 1.63 bits per heavy atom. The van der Waals surface area contributed by atoms with Crippen LogP contribution in [0.1, 0.15) is 39.0 Å². The minimum atomic E-state index is 0.161. The number of rotatable bonds is 3. The highest BCUT2D eigenvalue weighted by molar-refractivity contribution is 5.74. The number of hydrogen-bond donors (Lipinski definition) is 1. The van der Waals surface area contributed by atoms with Crippen molar-refractivity contribution in [1.82, 2.24) is 15.1 Å². The average Bonchev–Trinajstić information content (AvgIpc) is 2.46. The maximum atomic E-state index is 12.1. The van der Waals surface area contributed by atoms with Gasteiger partial charge in [-0.1, -0.05) is 13.3 Å². The fourth-order valence-corrected chi connectivity index (χ4v) is 3.15. The molecule has 0 aromatic carbocycles. The van der Waals surface area contributed by atoms with E-state index >= 15 is 0 Å². The molecular weight excluding hydrogens is 238 g/mol. The molecule has 19 heavy (non-hydrogen) atoms. The van der Waals surface area contributed by atoms with Gasteiger partial charge in [0.2, 0.25) is 0 Å². The van der Waals surface area contributed by atoms with Crippen LogP contribution in [0.4, 0.5) is 4.79 Å². The number of carbonyl (C=O) groups excluding carboxylic acids is 1. The van der Waals surface area contributed by atoms with Crippen molar-refractivity contribution in [3.63, 3.8) is 0 Å². The van der Waals surface area contributed by atoms with Crippen LogP contribution in [0.3, 0.4) is 0 Å². The van der Waals surface area contributed by atoms with Crippen molar-refractivity contribution >= 4 is 6.03 Å². The first kappa shape index (κ1) is 14.6. The molecule has 2 amide bonds. The smallest absolute Gasteiger partial charge is 0.317 e. The molecule has 0 saturated carbocycles. The van der Waals surface area contributed by atoms with Gasteiger partial charge in [0.05, 0.1) is 0 Å².